The molecule has 0 aliphatic carbocycles. The first kappa shape index (κ1) is 18.8. The topological polar surface area (TPSA) is 57.2 Å². The highest BCUT2D eigenvalue weighted by Crippen LogP contribution is 2.37. The second kappa shape index (κ2) is 8.25. The fraction of sp³-hybridized carbons (Fsp3) is 0.261. The summed E-state index contributed by atoms with van der Waals surface area (Å²) in [5.74, 6) is -0.257. The summed E-state index contributed by atoms with van der Waals surface area (Å²) in [4.78, 5) is 14.6. The summed E-state index contributed by atoms with van der Waals surface area (Å²) >= 11 is 1.70. The molecule has 144 valence electrons. The van der Waals surface area contributed by atoms with Crippen molar-refractivity contribution in [2.45, 2.75) is 34.6 Å². The van der Waals surface area contributed by atoms with E-state index in [2.05, 4.69) is 53.4 Å². The molecule has 1 fully saturated rings. The first-order valence-electron chi connectivity index (χ1n) is 9.51. The van der Waals surface area contributed by atoms with Crippen molar-refractivity contribution in [1.82, 2.24) is 4.57 Å². The fourth-order valence-electron chi connectivity index (χ4n) is 3.74. The molecule has 0 unspecified atom stereocenters. The van der Waals surface area contributed by atoms with Crippen LogP contribution in [0.3, 0.4) is 0 Å². The Balaban J connectivity index is 1.51. The highest BCUT2D eigenvalue weighted by molar-refractivity contribution is 7.99. The summed E-state index contributed by atoms with van der Waals surface area (Å²) in [6, 6.07) is 20.9. The molecule has 28 heavy (non-hydrogen) atoms. The molecule has 1 aromatic heterocycles. The highest BCUT2D eigenvalue weighted by atomic mass is 32.2. The number of rotatable bonds is 6. The van der Waals surface area contributed by atoms with Gasteiger partial charge in [-0.25, -0.2) is 0 Å². The van der Waals surface area contributed by atoms with Crippen molar-refractivity contribution in [1.29, 1.82) is 0 Å². The van der Waals surface area contributed by atoms with Gasteiger partial charge >= 0.3 is 0 Å². The molecular weight excluding hydrogens is 368 g/mol. The van der Waals surface area contributed by atoms with Crippen LogP contribution in [-0.2, 0) is 21.5 Å². The van der Waals surface area contributed by atoms with E-state index in [0.717, 1.165) is 17.0 Å². The van der Waals surface area contributed by atoms with E-state index in [1.165, 1.54) is 10.5 Å². The van der Waals surface area contributed by atoms with Gasteiger partial charge in [-0.15, -0.1) is 0 Å². The van der Waals surface area contributed by atoms with Gasteiger partial charge in [0.2, 0.25) is 5.91 Å². The molecule has 1 saturated heterocycles. The lowest BCUT2D eigenvalue weighted by molar-refractivity contribution is -0.127. The van der Waals surface area contributed by atoms with E-state index in [1.807, 2.05) is 24.3 Å². The predicted octanol–water partition coefficient (Wildman–Crippen LogP) is 4.22. The molecule has 0 saturated carbocycles. The minimum atomic E-state index is -0.616. The van der Waals surface area contributed by atoms with Gasteiger partial charge < -0.3 is 15.0 Å². The van der Waals surface area contributed by atoms with Crippen LogP contribution in [0.2, 0.25) is 0 Å². The van der Waals surface area contributed by atoms with E-state index < -0.39 is 5.41 Å². The van der Waals surface area contributed by atoms with Crippen LogP contribution in [0.5, 0.6) is 0 Å². The molecule has 4 rings (SSSR count). The maximum Gasteiger partial charge on any atom is 0.228 e. The van der Waals surface area contributed by atoms with Crippen molar-refractivity contribution in [2.24, 2.45) is 5.73 Å². The van der Waals surface area contributed by atoms with Gasteiger partial charge in [0, 0.05) is 41.9 Å². The molecule has 0 atom stereocenters. The Kier molecular flexibility index (Phi) is 5.55. The third-order valence-corrected chi connectivity index (χ3v) is 6.39. The van der Waals surface area contributed by atoms with E-state index in [0.29, 0.717) is 26.1 Å². The van der Waals surface area contributed by atoms with Gasteiger partial charge in [0.1, 0.15) is 0 Å². The molecule has 2 heterocycles. The first-order chi connectivity index (χ1) is 13.7. The molecule has 1 aliphatic rings. The number of primary amides is 1. The van der Waals surface area contributed by atoms with Crippen LogP contribution in [0, 0.1) is 0 Å². The zero-order chi connectivity index (χ0) is 19.4. The maximum atomic E-state index is 12.3. The second-order valence-corrected chi connectivity index (χ2v) is 8.33. The molecule has 1 aliphatic heterocycles. The minimum absolute atomic E-state index is 0.257. The lowest BCUT2D eigenvalue weighted by Gasteiger charge is -2.34. The number of carbonyl (C=O) groups excluding carboxylic acids is 1. The lowest BCUT2D eigenvalue weighted by atomic mass is 9.73. The van der Waals surface area contributed by atoms with Gasteiger partial charge in [-0.1, -0.05) is 36.0 Å². The normalized spacial score (nSPS) is 16.0. The van der Waals surface area contributed by atoms with Crippen molar-refractivity contribution in [3.8, 4) is 0 Å². The average molecular weight is 393 g/mol. The molecule has 5 heteroatoms. The molecule has 0 radical (unpaired) electrons. The molecule has 1 amide bonds. The molecule has 0 bridgehead atoms. The predicted molar refractivity (Wildman–Crippen MR) is 111 cm³/mol. The van der Waals surface area contributed by atoms with Gasteiger partial charge in [0.15, 0.2) is 0 Å². The van der Waals surface area contributed by atoms with Gasteiger partial charge in [0.25, 0.3) is 0 Å². The zero-order valence-electron chi connectivity index (χ0n) is 15.7. The van der Waals surface area contributed by atoms with Crippen LogP contribution in [0.15, 0.2) is 82.8 Å². The van der Waals surface area contributed by atoms with Crippen LogP contribution >= 0.6 is 11.8 Å². The third kappa shape index (κ3) is 4.01. The van der Waals surface area contributed by atoms with Crippen molar-refractivity contribution < 1.29 is 9.53 Å². The molecule has 4 nitrogen and oxygen atoms in total. The van der Waals surface area contributed by atoms with E-state index in [1.54, 1.807) is 11.8 Å². The fourth-order valence-corrected chi connectivity index (χ4v) is 4.62. The largest absolute Gasteiger partial charge is 0.381 e. The third-order valence-electron chi connectivity index (χ3n) is 5.40. The van der Waals surface area contributed by atoms with Crippen LogP contribution < -0.4 is 5.73 Å². The Morgan fingerprint density at radius 1 is 1.00 bits per heavy atom. The van der Waals surface area contributed by atoms with Gasteiger partial charge in [-0.3, -0.25) is 4.79 Å². The Morgan fingerprint density at radius 3 is 2.39 bits per heavy atom. The number of nitrogens with zero attached hydrogens (tertiary/aromatic N) is 1. The Hall–Kier alpha value is -2.50. The SMILES string of the molecule is NC(=O)C1(c2cccc(Sc3ccc(Cn4cccc4)cc3)c2)CCOCC1. The molecular formula is C23H24N2O2S. The number of benzene rings is 2. The number of carbonyl (C=O) groups is 1. The highest BCUT2D eigenvalue weighted by Gasteiger charge is 2.40. The Labute approximate surface area is 169 Å². The zero-order valence-corrected chi connectivity index (χ0v) is 16.5. The summed E-state index contributed by atoms with van der Waals surface area (Å²) < 4.78 is 7.61. The summed E-state index contributed by atoms with van der Waals surface area (Å²) in [5, 5.41) is 0. The molecule has 2 N–H and O–H groups in total. The van der Waals surface area contributed by atoms with Crippen molar-refractivity contribution in [2.75, 3.05) is 13.2 Å². The summed E-state index contributed by atoms with van der Waals surface area (Å²) in [5.41, 5.74) is 7.46. The second-order valence-electron chi connectivity index (χ2n) is 7.19. The van der Waals surface area contributed by atoms with E-state index in [9.17, 15) is 4.79 Å². The van der Waals surface area contributed by atoms with Crippen LogP contribution in [0.1, 0.15) is 24.0 Å². The number of nitrogens with two attached hydrogens (primary N) is 1. The quantitative estimate of drug-likeness (QED) is 0.683. The maximum absolute atomic E-state index is 12.3. The number of amides is 1. The summed E-state index contributed by atoms with van der Waals surface area (Å²) in [7, 11) is 0. The van der Waals surface area contributed by atoms with E-state index in [4.69, 9.17) is 10.5 Å². The first-order valence-corrected chi connectivity index (χ1v) is 10.3. The van der Waals surface area contributed by atoms with Gasteiger partial charge in [0.05, 0.1) is 5.41 Å². The van der Waals surface area contributed by atoms with Crippen LogP contribution in [0.4, 0.5) is 0 Å². The number of aromatic nitrogens is 1. The summed E-state index contributed by atoms with van der Waals surface area (Å²) in [6.07, 6.45) is 5.42. The van der Waals surface area contributed by atoms with E-state index >= 15 is 0 Å². The Morgan fingerprint density at radius 2 is 1.71 bits per heavy atom. The number of ether oxygens (including phenoxy) is 1. The van der Waals surface area contributed by atoms with Crippen LogP contribution in [0.25, 0.3) is 0 Å². The molecule has 3 aromatic rings. The van der Waals surface area contributed by atoms with E-state index in [-0.39, 0.29) is 5.91 Å². The standard InChI is InChI=1S/C23H24N2O2S/c24-22(26)23(10-14-27-15-11-23)19-4-3-5-21(16-19)28-20-8-6-18(7-9-20)17-25-12-1-2-13-25/h1-9,12-13,16H,10-11,14-15,17H2,(H2,24,26). The van der Waals surface area contributed by atoms with Gasteiger partial charge in [-0.05, 0) is 60.4 Å². The monoisotopic (exact) mass is 392 g/mol. The molecule has 2 aromatic carbocycles. The smallest absolute Gasteiger partial charge is 0.228 e. The van der Waals surface area contributed by atoms with Crippen molar-refractivity contribution in [3.05, 3.63) is 84.2 Å². The number of hydrogen-bond donors (Lipinski definition) is 1. The molecule has 0 spiro atoms. The average Bonchev–Trinajstić information content (AvgIpc) is 3.23. The van der Waals surface area contributed by atoms with Crippen LogP contribution in [-0.4, -0.2) is 23.7 Å². The number of hydrogen-bond acceptors (Lipinski definition) is 3. The summed E-state index contributed by atoms with van der Waals surface area (Å²) in [6.45, 7) is 2.02. The minimum Gasteiger partial charge on any atom is -0.381 e. The lowest BCUT2D eigenvalue weighted by Crippen LogP contribution is -2.45. The Bertz CT molecular complexity index is 930. The van der Waals surface area contributed by atoms with Crippen molar-refractivity contribution >= 4 is 17.7 Å². The van der Waals surface area contributed by atoms with Crippen molar-refractivity contribution in [3.63, 3.8) is 0 Å². The van der Waals surface area contributed by atoms with Gasteiger partial charge in [-0.2, -0.15) is 0 Å².